The first-order valence-corrected chi connectivity index (χ1v) is 7.35. The molecule has 0 radical (unpaired) electrons. The molecule has 0 amide bonds. The Morgan fingerprint density at radius 1 is 1.25 bits per heavy atom. The van der Waals surface area contributed by atoms with E-state index in [1.807, 2.05) is 0 Å². The molecule has 1 N–H and O–H groups in total. The number of hydrogen-bond acceptors (Lipinski definition) is 3. The minimum atomic E-state index is -0.937. The number of hydrogen-bond donors (Lipinski definition) is 1. The van der Waals surface area contributed by atoms with E-state index in [0.29, 0.717) is 11.5 Å². The second-order valence-corrected chi connectivity index (χ2v) is 6.77. The van der Waals surface area contributed by atoms with Crippen molar-refractivity contribution >= 4 is 18.5 Å². The molecule has 0 aromatic rings. The average Bonchev–Trinajstić information content (AvgIpc) is 3.05. The molecule has 0 aromatic carbocycles. The Labute approximate surface area is 118 Å². The highest BCUT2D eigenvalue weighted by molar-refractivity contribution is 5.86. The van der Waals surface area contributed by atoms with Gasteiger partial charge in [0.25, 0.3) is 0 Å². The van der Waals surface area contributed by atoms with Crippen molar-refractivity contribution in [2.75, 3.05) is 0 Å². The zero-order valence-corrected chi connectivity index (χ0v) is 11.7. The number of allylic oxidation sites excluding steroid dienone is 1. The van der Waals surface area contributed by atoms with Crippen molar-refractivity contribution in [3.05, 3.63) is 11.6 Å². The molecular formula is C16H20O4. The maximum atomic E-state index is 12.0. The smallest absolute Gasteiger partial charge is 0.330 e. The van der Waals surface area contributed by atoms with Crippen LogP contribution in [0.3, 0.4) is 0 Å². The van der Waals surface area contributed by atoms with Gasteiger partial charge in [0.1, 0.15) is 12.6 Å². The van der Waals surface area contributed by atoms with Crippen molar-refractivity contribution in [3.8, 4) is 0 Å². The van der Waals surface area contributed by atoms with Crippen LogP contribution in [-0.2, 0) is 14.4 Å². The van der Waals surface area contributed by atoms with Crippen LogP contribution >= 0.6 is 0 Å². The zero-order valence-electron chi connectivity index (χ0n) is 11.7. The van der Waals surface area contributed by atoms with E-state index in [0.717, 1.165) is 44.7 Å². The van der Waals surface area contributed by atoms with Gasteiger partial charge in [0.2, 0.25) is 0 Å². The van der Waals surface area contributed by atoms with Gasteiger partial charge in [-0.1, -0.05) is 6.08 Å². The zero-order chi connectivity index (χ0) is 14.5. The van der Waals surface area contributed by atoms with E-state index in [1.54, 1.807) is 13.0 Å². The fourth-order valence-corrected chi connectivity index (χ4v) is 5.53. The van der Waals surface area contributed by atoms with Crippen LogP contribution in [0.1, 0.15) is 39.0 Å². The summed E-state index contributed by atoms with van der Waals surface area (Å²) in [7, 11) is 0. The lowest BCUT2D eigenvalue weighted by atomic mass is 9.56. The van der Waals surface area contributed by atoms with E-state index in [4.69, 9.17) is 5.11 Å². The second-order valence-electron chi connectivity index (χ2n) is 6.77. The number of fused-ring (bicyclic) bond motifs is 5. The number of rotatable bonds is 4. The summed E-state index contributed by atoms with van der Waals surface area (Å²) >= 11 is 0. The van der Waals surface area contributed by atoms with Crippen molar-refractivity contribution in [1.82, 2.24) is 0 Å². The predicted octanol–water partition coefficient (Wildman–Crippen LogP) is 2.23. The first kappa shape index (κ1) is 13.5. The summed E-state index contributed by atoms with van der Waals surface area (Å²) in [5.41, 5.74) is -0.757. The molecule has 0 heterocycles. The molecule has 2 bridgehead atoms. The summed E-state index contributed by atoms with van der Waals surface area (Å²) < 4.78 is 0. The van der Waals surface area contributed by atoms with E-state index >= 15 is 0 Å². The van der Waals surface area contributed by atoms with Crippen LogP contribution in [0.4, 0.5) is 0 Å². The Balaban J connectivity index is 2.13. The molecule has 0 saturated heterocycles. The number of carbonyl (C=O) groups excluding carboxylic acids is 2. The predicted molar refractivity (Wildman–Crippen MR) is 71.9 cm³/mol. The summed E-state index contributed by atoms with van der Waals surface area (Å²) in [6.07, 6.45) is 8.17. The molecule has 108 valence electrons. The second kappa shape index (κ2) is 4.27. The van der Waals surface area contributed by atoms with Crippen molar-refractivity contribution in [2.45, 2.75) is 39.0 Å². The van der Waals surface area contributed by atoms with Gasteiger partial charge in [0, 0.05) is 22.3 Å². The summed E-state index contributed by atoms with van der Waals surface area (Å²) in [5, 5.41) is 9.16. The van der Waals surface area contributed by atoms with Crippen LogP contribution in [0.5, 0.6) is 0 Å². The monoisotopic (exact) mass is 276 g/mol. The fraction of sp³-hybridized carbons (Fsp3) is 0.688. The highest BCUT2D eigenvalue weighted by atomic mass is 16.4. The van der Waals surface area contributed by atoms with Gasteiger partial charge in [0.15, 0.2) is 0 Å². The Morgan fingerprint density at radius 3 is 2.60 bits per heavy atom. The molecule has 4 nitrogen and oxygen atoms in total. The lowest BCUT2D eigenvalue weighted by Gasteiger charge is -2.45. The standard InChI is InChI=1S/C16H20O4/c1-10(14(19)20)6-15-5-4-11(7-15)13-3-2-12(8-17)16(13,15)9-18/h6,8-9,11-13H,2-5,7H2,1H3,(H,19,20). The molecule has 3 fully saturated rings. The quantitative estimate of drug-likeness (QED) is 0.631. The Morgan fingerprint density at radius 2 is 2.00 bits per heavy atom. The molecule has 5 unspecified atom stereocenters. The number of carboxylic acids is 1. The summed E-state index contributed by atoms with van der Waals surface area (Å²) in [6, 6.07) is 0. The third-order valence-electron chi connectivity index (χ3n) is 6.22. The van der Waals surface area contributed by atoms with Crippen molar-refractivity contribution < 1.29 is 19.5 Å². The first-order valence-electron chi connectivity index (χ1n) is 7.35. The van der Waals surface area contributed by atoms with Gasteiger partial charge in [0.05, 0.1) is 0 Å². The maximum absolute atomic E-state index is 12.0. The van der Waals surface area contributed by atoms with Gasteiger partial charge in [-0.05, 0) is 50.9 Å². The SMILES string of the molecule is CC(=CC12CCC(C1)C1CCC(C=O)C12C=O)C(=O)O. The van der Waals surface area contributed by atoms with Gasteiger partial charge in [-0.25, -0.2) is 4.79 Å². The van der Waals surface area contributed by atoms with Crippen LogP contribution in [0.2, 0.25) is 0 Å². The molecule has 3 aliphatic carbocycles. The topological polar surface area (TPSA) is 71.4 Å². The number of aldehydes is 2. The van der Waals surface area contributed by atoms with Gasteiger partial charge in [-0.3, -0.25) is 0 Å². The average molecular weight is 276 g/mol. The maximum Gasteiger partial charge on any atom is 0.330 e. The van der Waals surface area contributed by atoms with E-state index < -0.39 is 16.8 Å². The molecule has 4 heteroatoms. The minimum Gasteiger partial charge on any atom is -0.478 e. The molecule has 3 aliphatic rings. The lowest BCUT2D eigenvalue weighted by Crippen LogP contribution is -2.46. The van der Waals surface area contributed by atoms with Gasteiger partial charge in [-0.2, -0.15) is 0 Å². The Kier molecular flexibility index (Phi) is 2.89. The lowest BCUT2D eigenvalue weighted by molar-refractivity contribution is -0.134. The number of carbonyl (C=O) groups is 3. The molecule has 0 spiro atoms. The summed E-state index contributed by atoms with van der Waals surface area (Å²) in [5.74, 6) is -0.439. The van der Waals surface area contributed by atoms with Crippen LogP contribution in [0, 0.1) is 28.6 Å². The van der Waals surface area contributed by atoms with Crippen molar-refractivity contribution in [1.29, 1.82) is 0 Å². The molecule has 0 aromatic heterocycles. The van der Waals surface area contributed by atoms with E-state index in [9.17, 15) is 14.4 Å². The summed E-state index contributed by atoms with van der Waals surface area (Å²) in [6.45, 7) is 1.58. The normalized spacial score (nSPS) is 46.2. The molecule has 3 saturated carbocycles. The highest BCUT2D eigenvalue weighted by Gasteiger charge is 2.70. The molecular weight excluding hydrogens is 256 g/mol. The third-order valence-corrected chi connectivity index (χ3v) is 6.22. The largest absolute Gasteiger partial charge is 0.478 e. The first-order chi connectivity index (χ1) is 9.50. The molecule has 3 rings (SSSR count). The van der Waals surface area contributed by atoms with Crippen molar-refractivity contribution in [2.24, 2.45) is 28.6 Å². The molecule has 5 atom stereocenters. The Bertz CT molecular complexity index is 509. The van der Waals surface area contributed by atoms with Gasteiger partial charge >= 0.3 is 5.97 Å². The minimum absolute atomic E-state index is 0.242. The van der Waals surface area contributed by atoms with E-state index in [-0.39, 0.29) is 11.8 Å². The van der Waals surface area contributed by atoms with Crippen molar-refractivity contribution in [3.63, 3.8) is 0 Å². The molecule has 0 aliphatic heterocycles. The number of carboxylic acid groups (broad SMARTS) is 1. The van der Waals surface area contributed by atoms with Crippen LogP contribution in [0.25, 0.3) is 0 Å². The fourth-order valence-electron chi connectivity index (χ4n) is 5.53. The summed E-state index contributed by atoms with van der Waals surface area (Å²) in [4.78, 5) is 34.6. The highest BCUT2D eigenvalue weighted by Crippen LogP contribution is 2.73. The van der Waals surface area contributed by atoms with Gasteiger partial charge in [-0.15, -0.1) is 0 Å². The molecule has 20 heavy (non-hydrogen) atoms. The van der Waals surface area contributed by atoms with Gasteiger partial charge < -0.3 is 14.7 Å². The van der Waals surface area contributed by atoms with E-state index in [1.165, 1.54) is 0 Å². The van der Waals surface area contributed by atoms with E-state index in [2.05, 4.69) is 0 Å². The Hall–Kier alpha value is -1.45. The third kappa shape index (κ3) is 1.40. The van der Waals surface area contributed by atoms with Crippen LogP contribution in [0.15, 0.2) is 11.6 Å². The number of aliphatic carboxylic acids is 1. The van der Waals surface area contributed by atoms with Crippen LogP contribution < -0.4 is 0 Å². The van der Waals surface area contributed by atoms with Crippen LogP contribution in [-0.4, -0.2) is 23.6 Å².